The summed E-state index contributed by atoms with van der Waals surface area (Å²) in [7, 11) is 0. The number of aromatic nitrogens is 4. The van der Waals surface area contributed by atoms with E-state index in [0.717, 1.165) is 109 Å². The lowest BCUT2D eigenvalue weighted by Crippen LogP contribution is -2.17. The number of thiol groups is 2. The minimum absolute atomic E-state index is 0.795. The van der Waals surface area contributed by atoms with Crippen LogP contribution in [0.1, 0.15) is 45.3 Å². The molecule has 0 atom stereocenters. The Morgan fingerprint density at radius 2 is 0.635 bits per heavy atom. The molecule has 4 aromatic heterocycles. The summed E-state index contributed by atoms with van der Waals surface area (Å²) in [5.41, 5.74) is 14.2. The Balaban J connectivity index is 1.40. The highest BCUT2D eigenvalue weighted by Crippen LogP contribution is 2.35. The fourth-order valence-electron chi connectivity index (χ4n) is 7.07. The van der Waals surface area contributed by atoms with Gasteiger partial charge < -0.3 is 19.9 Å². The van der Waals surface area contributed by atoms with E-state index >= 15 is 0 Å². The molecule has 0 saturated heterocycles. The monoisotopic (exact) mass is 742 g/mol. The molecular formula is C44H30N4S4. The number of allylic oxidation sites excluding steroid dienone is 10. The molecule has 8 bridgehead atoms. The lowest BCUT2D eigenvalue weighted by molar-refractivity contribution is 1.19. The zero-order chi connectivity index (χ0) is 35.3. The van der Waals surface area contributed by atoms with E-state index in [1.165, 1.54) is 0 Å². The number of hydrogen-bond acceptors (Lipinski definition) is 4. The standard InChI is InChI=1S/C44H30N4S4/c49-29-9-1-25(2-10-29)41-33-17-19-35(45-33)42(26-3-11-30(50)12-4-26)37-21-23-39(47-37)44(28-7-15-32(52)16-8-28)40-24-22-38(48-40)43(36-20-18-34(41)46-36)27-5-13-31(51)14-6-27/h1-24,45-50H/b41-33-,42-35-. The van der Waals surface area contributed by atoms with Crippen LogP contribution in [0.2, 0.25) is 0 Å². The zero-order valence-corrected chi connectivity index (χ0v) is 31.0. The van der Waals surface area contributed by atoms with Crippen LogP contribution in [0.5, 0.6) is 0 Å². The van der Waals surface area contributed by atoms with Crippen LogP contribution >= 0.6 is 49.7 Å². The van der Waals surface area contributed by atoms with Crippen molar-refractivity contribution in [1.29, 1.82) is 0 Å². The predicted octanol–water partition coefficient (Wildman–Crippen LogP) is 8.98. The Labute approximate surface area is 322 Å². The third kappa shape index (κ3) is 6.03. The second-order valence-corrected chi connectivity index (χ2v) is 14.8. The quantitative estimate of drug-likeness (QED) is 0.0792. The average Bonchev–Trinajstić information content (AvgIpc) is 3.99. The van der Waals surface area contributed by atoms with Crippen molar-refractivity contribution >= 4 is 81.7 Å². The van der Waals surface area contributed by atoms with E-state index in [2.05, 4.69) is 142 Å². The van der Waals surface area contributed by atoms with Crippen LogP contribution in [-0.4, -0.2) is 29.7 Å². The Kier molecular flexibility index (Phi) is 8.32. The lowest BCUT2D eigenvalue weighted by Gasteiger charge is -2.13. The number of fused-ring (bicyclic) bond motifs is 8. The van der Waals surface area contributed by atoms with Crippen molar-refractivity contribution in [3.05, 3.63) is 213 Å². The second-order valence-electron chi connectivity index (χ2n) is 12.8. The summed E-state index contributed by atoms with van der Waals surface area (Å²) in [6.07, 6.45) is 16.3. The van der Waals surface area contributed by atoms with Crippen LogP contribution in [0.4, 0.5) is 0 Å². The molecule has 4 nitrogen and oxygen atoms in total. The van der Waals surface area contributed by atoms with E-state index in [0.29, 0.717) is 0 Å². The molecule has 9 rings (SSSR count). The number of rotatable bonds is 2. The number of H-pyrrole nitrogens is 4. The van der Waals surface area contributed by atoms with E-state index < -0.39 is 0 Å². The van der Waals surface area contributed by atoms with Crippen LogP contribution in [0.15, 0.2) is 167 Å². The molecule has 2 aromatic carbocycles. The van der Waals surface area contributed by atoms with Crippen LogP contribution in [0.25, 0.3) is 22.3 Å². The van der Waals surface area contributed by atoms with E-state index in [1.807, 2.05) is 48.6 Å². The zero-order valence-electron chi connectivity index (χ0n) is 27.6. The smallest absolute Gasteiger partial charge is 0.0485 e. The SMILES string of the molecule is S=C1C=CC(=C2c3ccc([nH]3)C(=C3C=CC(=S)C=C3)c3ccc([nH]3)/C(c3ccc(S)cc3)=c3/cc/c([nH]3)=C(\c3ccc(S)cc3)c3ccc2[nH]3)C=C1. The molecule has 4 N–H and O–H groups in total. The lowest BCUT2D eigenvalue weighted by atomic mass is 9.98. The molecule has 0 fully saturated rings. The highest BCUT2D eigenvalue weighted by atomic mass is 32.1. The third-order valence-corrected chi connectivity index (χ3v) is 10.6. The van der Waals surface area contributed by atoms with Crippen LogP contribution < -0.4 is 10.7 Å². The number of aromatic amines is 4. The Morgan fingerprint density at radius 3 is 0.962 bits per heavy atom. The molecule has 52 heavy (non-hydrogen) atoms. The molecule has 8 heteroatoms. The largest absolute Gasteiger partial charge is 0.354 e. The van der Waals surface area contributed by atoms with Gasteiger partial charge in [-0.05, 0) is 119 Å². The van der Waals surface area contributed by atoms with Gasteiger partial charge in [-0.3, -0.25) is 0 Å². The van der Waals surface area contributed by atoms with Gasteiger partial charge in [-0.25, -0.2) is 0 Å². The Bertz CT molecular complexity index is 2540. The molecule has 2 aliphatic carbocycles. The molecule has 5 heterocycles. The molecule has 1 aliphatic heterocycles. The summed E-state index contributed by atoms with van der Waals surface area (Å²) < 4.78 is 0. The van der Waals surface area contributed by atoms with Crippen molar-refractivity contribution in [2.75, 3.05) is 0 Å². The summed E-state index contributed by atoms with van der Waals surface area (Å²) in [5.74, 6) is 0. The summed E-state index contributed by atoms with van der Waals surface area (Å²) in [6.45, 7) is 0. The normalized spacial score (nSPS) is 17.5. The average molecular weight is 743 g/mol. The highest BCUT2D eigenvalue weighted by Gasteiger charge is 2.21. The van der Waals surface area contributed by atoms with Gasteiger partial charge in [-0.15, -0.1) is 25.3 Å². The summed E-state index contributed by atoms with van der Waals surface area (Å²) in [4.78, 5) is 18.7. The van der Waals surface area contributed by atoms with Gasteiger partial charge in [0.25, 0.3) is 0 Å². The topological polar surface area (TPSA) is 63.2 Å². The third-order valence-electron chi connectivity index (χ3n) is 9.50. The molecule has 250 valence electrons. The minimum atomic E-state index is 0.795. The first-order chi connectivity index (χ1) is 25.4. The van der Waals surface area contributed by atoms with Crippen molar-refractivity contribution in [1.82, 2.24) is 19.9 Å². The number of thiocarbonyl (C=S) groups is 2. The Morgan fingerprint density at radius 1 is 0.327 bits per heavy atom. The maximum atomic E-state index is 5.49. The Hall–Kier alpha value is -5.38. The molecule has 0 radical (unpaired) electrons. The molecule has 6 aromatic rings. The first kappa shape index (κ1) is 32.5. The first-order valence-corrected chi connectivity index (χ1v) is 18.5. The minimum Gasteiger partial charge on any atom is -0.354 e. The van der Waals surface area contributed by atoms with Crippen LogP contribution in [-0.2, 0) is 0 Å². The van der Waals surface area contributed by atoms with E-state index in [-0.39, 0.29) is 0 Å². The van der Waals surface area contributed by atoms with Gasteiger partial charge in [0.1, 0.15) is 0 Å². The van der Waals surface area contributed by atoms with Gasteiger partial charge in [0.2, 0.25) is 0 Å². The van der Waals surface area contributed by atoms with Gasteiger partial charge in [0, 0.05) is 86.7 Å². The highest BCUT2D eigenvalue weighted by molar-refractivity contribution is 7.81. The van der Waals surface area contributed by atoms with Gasteiger partial charge in [0.15, 0.2) is 0 Å². The number of hydrogen-bond donors (Lipinski definition) is 6. The predicted molar refractivity (Wildman–Crippen MR) is 227 cm³/mol. The van der Waals surface area contributed by atoms with Crippen LogP contribution in [0, 0.1) is 0 Å². The van der Waals surface area contributed by atoms with Crippen molar-refractivity contribution in [3.8, 4) is 0 Å². The van der Waals surface area contributed by atoms with Gasteiger partial charge >= 0.3 is 0 Å². The number of benzene rings is 2. The van der Waals surface area contributed by atoms with Gasteiger partial charge in [-0.1, -0.05) is 73.0 Å². The fourth-order valence-corrected chi connectivity index (χ4v) is 7.64. The van der Waals surface area contributed by atoms with Crippen molar-refractivity contribution in [3.63, 3.8) is 0 Å². The van der Waals surface area contributed by atoms with Gasteiger partial charge in [-0.2, -0.15) is 0 Å². The molecular weight excluding hydrogens is 713 g/mol. The molecule has 0 amide bonds. The van der Waals surface area contributed by atoms with E-state index in [4.69, 9.17) is 24.4 Å². The molecule has 0 saturated carbocycles. The fraction of sp³-hybridized carbons (Fsp3) is 0. The van der Waals surface area contributed by atoms with E-state index in [1.54, 1.807) is 0 Å². The van der Waals surface area contributed by atoms with Gasteiger partial charge in [0.05, 0.1) is 0 Å². The second kappa shape index (κ2) is 13.3. The maximum absolute atomic E-state index is 5.49. The first-order valence-electron chi connectivity index (χ1n) is 16.8. The van der Waals surface area contributed by atoms with Crippen molar-refractivity contribution in [2.45, 2.75) is 9.79 Å². The summed E-state index contributed by atoms with van der Waals surface area (Å²) >= 11 is 20.2. The van der Waals surface area contributed by atoms with E-state index in [9.17, 15) is 0 Å². The maximum Gasteiger partial charge on any atom is 0.0485 e. The molecule has 3 aliphatic rings. The molecule has 0 unspecified atom stereocenters. The van der Waals surface area contributed by atoms with Crippen molar-refractivity contribution < 1.29 is 0 Å². The van der Waals surface area contributed by atoms with Crippen molar-refractivity contribution in [2.24, 2.45) is 0 Å². The molecule has 0 spiro atoms. The summed E-state index contributed by atoms with van der Waals surface area (Å²) in [6, 6.07) is 33.8. The van der Waals surface area contributed by atoms with Crippen LogP contribution in [0.3, 0.4) is 0 Å². The number of nitrogens with one attached hydrogen (secondary N) is 4. The summed E-state index contributed by atoms with van der Waals surface area (Å²) in [5, 5.41) is 1.96.